The summed E-state index contributed by atoms with van der Waals surface area (Å²) < 4.78 is 7.04. The molecule has 0 unspecified atom stereocenters. The summed E-state index contributed by atoms with van der Waals surface area (Å²) in [4.78, 5) is 11.7. The molecule has 0 N–H and O–H groups in total. The zero-order chi connectivity index (χ0) is 15.7. The molecule has 22 heavy (non-hydrogen) atoms. The van der Waals surface area contributed by atoms with Gasteiger partial charge in [0.25, 0.3) is 0 Å². The third-order valence-corrected chi connectivity index (χ3v) is 4.28. The van der Waals surface area contributed by atoms with Gasteiger partial charge in [0, 0.05) is 17.2 Å². The van der Waals surface area contributed by atoms with Gasteiger partial charge in [-0.15, -0.1) is 5.10 Å². The Morgan fingerprint density at radius 1 is 1.32 bits per heavy atom. The van der Waals surface area contributed by atoms with Crippen molar-refractivity contribution in [1.82, 2.24) is 20.2 Å². The molecular formula is C15H16N4O2S. The third-order valence-electron chi connectivity index (χ3n) is 3.29. The molecule has 2 heterocycles. The fourth-order valence-corrected chi connectivity index (χ4v) is 3.20. The number of aromatic nitrogens is 4. The van der Waals surface area contributed by atoms with Gasteiger partial charge in [0.1, 0.15) is 5.58 Å². The summed E-state index contributed by atoms with van der Waals surface area (Å²) in [7, 11) is 0. The molecule has 0 saturated carbocycles. The molecule has 0 amide bonds. The van der Waals surface area contributed by atoms with Crippen LogP contribution in [0.2, 0.25) is 0 Å². The lowest BCUT2D eigenvalue weighted by Crippen LogP contribution is -2.05. The van der Waals surface area contributed by atoms with Crippen LogP contribution in [0.5, 0.6) is 0 Å². The maximum atomic E-state index is 11.7. The molecule has 6 nitrogen and oxygen atoms in total. The largest absolute Gasteiger partial charge is 0.423 e. The van der Waals surface area contributed by atoms with E-state index in [1.54, 1.807) is 4.68 Å². The molecule has 1 aromatic carbocycles. The van der Waals surface area contributed by atoms with Gasteiger partial charge in [-0.25, -0.2) is 9.48 Å². The van der Waals surface area contributed by atoms with Crippen LogP contribution in [0, 0.1) is 6.92 Å². The maximum absolute atomic E-state index is 11.7. The standard InChI is InChI=1S/C15H16N4O2S/c1-9(2)19-15(16-17-18-19)22-8-11-7-14(20)21-13-6-10(3)4-5-12(11)13/h4-7,9H,8H2,1-3H3. The summed E-state index contributed by atoms with van der Waals surface area (Å²) >= 11 is 1.51. The zero-order valence-electron chi connectivity index (χ0n) is 12.6. The highest BCUT2D eigenvalue weighted by Crippen LogP contribution is 2.26. The number of fused-ring (bicyclic) bond motifs is 1. The van der Waals surface area contributed by atoms with E-state index in [0.29, 0.717) is 11.3 Å². The van der Waals surface area contributed by atoms with Gasteiger partial charge in [-0.05, 0) is 48.4 Å². The lowest BCUT2D eigenvalue weighted by atomic mass is 10.1. The van der Waals surface area contributed by atoms with E-state index >= 15 is 0 Å². The highest BCUT2D eigenvalue weighted by atomic mass is 32.2. The van der Waals surface area contributed by atoms with E-state index in [1.807, 2.05) is 39.0 Å². The SMILES string of the molecule is Cc1ccc2c(CSc3nnnn3C(C)C)cc(=O)oc2c1. The molecule has 0 aliphatic carbocycles. The number of aryl methyl sites for hydroxylation is 1. The second kappa shape index (κ2) is 5.92. The lowest BCUT2D eigenvalue weighted by Gasteiger charge is -2.08. The van der Waals surface area contributed by atoms with Gasteiger partial charge in [0.15, 0.2) is 0 Å². The van der Waals surface area contributed by atoms with E-state index in [9.17, 15) is 4.79 Å². The fraction of sp³-hybridized carbons (Fsp3) is 0.333. The first-order chi connectivity index (χ1) is 10.5. The van der Waals surface area contributed by atoms with Crippen LogP contribution in [0.25, 0.3) is 11.0 Å². The van der Waals surface area contributed by atoms with Crippen molar-refractivity contribution in [2.45, 2.75) is 37.7 Å². The van der Waals surface area contributed by atoms with Gasteiger partial charge in [0.2, 0.25) is 5.16 Å². The predicted molar refractivity (Wildman–Crippen MR) is 85.0 cm³/mol. The molecule has 0 bridgehead atoms. The normalized spacial score (nSPS) is 11.5. The van der Waals surface area contributed by atoms with E-state index < -0.39 is 0 Å². The molecule has 3 rings (SSSR count). The number of benzene rings is 1. The Bertz CT molecular complexity index is 869. The molecular weight excluding hydrogens is 300 g/mol. The van der Waals surface area contributed by atoms with Crippen molar-refractivity contribution in [1.29, 1.82) is 0 Å². The first kappa shape index (κ1) is 14.8. The zero-order valence-corrected chi connectivity index (χ0v) is 13.4. The Labute approximate surface area is 131 Å². The molecule has 0 aliphatic rings. The molecule has 2 aromatic heterocycles. The molecule has 7 heteroatoms. The maximum Gasteiger partial charge on any atom is 0.336 e. The second-order valence-corrected chi connectivity index (χ2v) is 6.32. The smallest absolute Gasteiger partial charge is 0.336 e. The van der Waals surface area contributed by atoms with Gasteiger partial charge in [-0.2, -0.15) is 0 Å². The minimum absolute atomic E-state index is 0.192. The summed E-state index contributed by atoms with van der Waals surface area (Å²) in [5.41, 5.74) is 2.27. The van der Waals surface area contributed by atoms with Gasteiger partial charge in [-0.3, -0.25) is 0 Å². The monoisotopic (exact) mass is 316 g/mol. The minimum atomic E-state index is -0.336. The van der Waals surface area contributed by atoms with Crippen LogP contribution in [0.4, 0.5) is 0 Å². The average molecular weight is 316 g/mol. The van der Waals surface area contributed by atoms with Crippen LogP contribution in [0.15, 0.2) is 38.6 Å². The Kier molecular flexibility index (Phi) is 3.98. The van der Waals surface area contributed by atoms with Crippen LogP contribution in [-0.2, 0) is 5.75 Å². The van der Waals surface area contributed by atoms with Crippen molar-refractivity contribution in [3.8, 4) is 0 Å². The van der Waals surface area contributed by atoms with E-state index in [-0.39, 0.29) is 11.7 Å². The first-order valence-corrected chi connectivity index (χ1v) is 7.97. The summed E-state index contributed by atoms with van der Waals surface area (Å²) in [5.74, 6) is 0.609. The Morgan fingerprint density at radius 2 is 2.14 bits per heavy atom. The quantitative estimate of drug-likeness (QED) is 0.544. The van der Waals surface area contributed by atoms with E-state index in [4.69, 9.17) is 4.42 Å². The van der Waals surface area contributed by atoms with Gasteiger partial charge in [-0.1, -0.05) is 23.9 Å². The highest BCUT2D eigenvalue weighted by Gasteiger charge is 2.12. The molecule has 114 valence electrons. The van der Waals surface area contributed by atoms with Crippen molar-refractivity contribution in [3.63, 3.8) is 0 Å². The summed E-state index contributed by atoms with van der Waals surface area (Å²) in [6, 6.07) is 7.60. The Morgan fingerprint density at radius 3 is 2.91 bits per heavy atom. The number of hydrogen-bond acceptors (Lipinski definition) is 6. The number of thioether (sulfide) groups is 1. The third kappa shape index (κ3) is 2.89. The van der Waals surface area contributed by atoms with Crippen molar-refractivity contribution in [3.05, 3.63) is 45.8 Å². The molecule has 0 saturated heterocycles. The Hall–Kier alpha value is -2.15. The molecule has 0 aliphatic heterocycles. The highest BCUT2D eigenvalue weighted by molar-refractivity contribution is 7.98. The van der Waals surface area contributed by atoms with Crippen molar-refractivity contribution < 1.29 is 4.42 Å². The molecule has 0 atom stereocenters. The second-order valence-electron chi connectivity index (χ2n) is 5.38. The van der Waals surface area contributed by atoms with E-state index in [1.165, 1.54) is 17.8 Å². The summed E-state index contributed by atoms with van der Waals surface area (Å²) in [6.45, 7) is 6.02. The van der Waals surface area contributed by atoms with Crippen LogP contribution in [-0.4, -0.2) is 20.2 Å². The van der Waals surface area contributed by atoms with Gasteiger partial charge < -0.3 is 4.42 Å². The van der Waals surface area contributed by atoms with Crippen molar-refractivity contribution >= 4 is 22.7 Å². The van der Waals surface area contributed by atoms with Crippen LogP contribution in [0.3, 0.4) is 0 Å². The van der Waals surface area contributed by atoms with Crippen LogP contribution in [0.1, 0.15) is 31.0 Å². The van der Waals surface area contributed by atoms with Crippen LogP contribution < -0.4 is 5.63 Å². The molecule has 0 spiro atoms. The van der Waals surface area contributed by atoms with E-state index in [0.717, 1.165) is 21.7 Å². The molecule has 0 radical (unpaired) electrons. The van der Waals surface area contributed by atoms with Crippen molar-refractivity contribution in [2.75, 3.05) is 0 Å². The number of nitrogens with zero attached hydrogens (tertiary/aromatic N) is 4. The summed E-state index contributed by atoms with van der Waals surface area (Å²) in [5, 5.41) is 13.4. The number of rotatable bonds is 4. The summed E-state index contributed by atoms with van der Waals surface area (Å²) in [6.07, 6.45) is 0. The molecule has 3 aromatic rings. The number of hydrogen-bond donors (Lipinski definition) is 0. The fourth-order valence-electron chi connectivity index (χ4n) is 2.20. The molecule has 0 fully saturated rings. The average Bonchev–Trinajstić information content (AvgIpc) is 2.92. The van der Waals surface area contributed by atoms with Crippen LogP contribution >= 0.6 is 11.8 Å². The van der Waals surface area contributed by atoms with Gasteiger partial charge >= 0.3 is 5.63 Å². The Balaban J connectivity index is 1.94. The predicted octanol–water partition coefficient (Wildman–Crippen LogP) is 2.96. The topological polar surface area (TPSA) is 73.8 Å². The van der Waals surface area contributed by atoms with Gasteiger partial charge in [0.05, 0.1) is 6.04 Å². The number of tetrazole rings is 1. The minimum Gasteiger partial charge on any atom is -0.423 e. The van der Waals surface area contributed by atoms with Crippen molar-refractivity contribution in [2.24, 2.45) is 0 Å². The first-order valence-electron chi connectivity index (χ1n) is 6.98. The lowest BCUT2D eigenvalue weighted by molar-refractivity contribution is 0.477. The van der Waals surface area contributed by atoms with E-state index in [2.05, 4.69) is 15.5 Å².